The highest BCUT2D eigenvalue weighted by Gasteiger charge is 2.19. The first-order chi connectivity index (χ1) is 14.0. The number of nitrogens with zero attached hydrogens (tertiary/aromatic N) is 5. The predicted octanol–water partition coefficient (Wildman–Crippen LogP) is 2.13. The van der Waals surface area contributed by atoms with Gasteiger partial charge < -0.3 is 5.32 Å². The topological polar surface area (TPSA) is 125 Å². The molecule has 1 N–H and O–H groups in total. The normalized spacial score (nSPS) is 10.8. The third-order valence-corrected chi connectivity index (χ3v) is 4.23. The maximum absolute atomic E-state index is 12.7. The Morgan fingerprint density at radius 3 is 2.59 bits per heavy atom. The zero-order chi connectivity index (χ0) is 20.4. The van der Waals surface area contributed by atoms with Crippen LogP contribution in [0.1, 0.15) is 0 Å². The fourth-order valence-electron chi connectivity index (χ4n) is 2.91. The predicted molar refractivity (Wildman–Crippen MR) is 105 cm³/mol. The number of nitrogens with one attached hydrogen (secondary N) is 1. The van der Waals surface area contributed by atoms with Crippen LogP contribution in [-0.2, 0) is 11.3 Å². The first-order valence-corrected chi connectivity index (χ1v) is 8.56. The van der Waals surface area contributed by atoms with E-state index in [0.717, 1.165) is 4.57 Å². The molecule has 0 bridgehead atoms. The van der Waals surface area contributed by atoms with Gasteiger partial charge in [-0.25, -0.2) is 9.67 Å². The van der Waals surface area contributed by atoms with Gasteiger partial charge in [0.05, 0.1) is 11.1 Å². The number of amides is 1. The van der Waals surface area contributed by atoms with Crippen LogP contribution >= 0.6 is 0 Å². The van der Waals surface area contributed by atoms with Crippen LogP contribution in [0.3, 0.4) is 0 Å². The molecule has 0 aliphatic heterocycles. The summed E-state index contributed by atoms with van der Waals surface area (Å²) in [5.41, 5.74) is 0.348. The number of carbonyl (C=O) groups is 1. The molecule has 0 fully saturated rings. The van der Waals surface area contributed by atoms with Gasteiger partial charge in [-0.3, -0.25) is 24.3 Å². The van der Waals surface area contributed by atoms with Crippen molar-refractivity contribution in [1.29, 1.82) is 0 Å². The van der Waals surface area contributed by atoms with Gasteiger partial charge in [-0.1, -0.05) is 30.3 Å². The molecule has 1 amide bonds. The Morgan fingerprint density at radius 1 is 1.10 bits per heavy atom. The molecule has 0 saturated carbocycles. The molecule has 0 aliphatic rings. The number of para-hydroxylation sites is 3. The van der Waals surface area contributed by atoms with Crippen molar-refractivity contribution in [3.05, 3.63) is 87.6 Å². The third kappa shape index (κ3) is 3.46. The minimum absolute atomic E-state index is 0.151. The Kier molecular flexibility index (Phi) is 4.57. The van der Waals surface area contributed by atoms with E-state index in [2.05, 4.69) is 15.4 Å². The molecule has 144 valence electrons. The molecule has 4 rings (SSSR count). The number of aromatic nitrogens is 4. The van der Waals surface area contributed by atoms with Gasteiger partial charge in [0, 0.05) is 11.8 Å². The number of carbonyl (C=O) groups excluding carboxylic acids is 1. The first-order valence-electron chi connectivity index (χ1n) is 8.56. The van der Waals surface area contributed by atoms with Gasteiger partial charge in [-0.15, -0.1) is 0 Å². The van der Waals surface area contributed by atoms with Gasteiger partial charge in [0.15, 0.2) is 5.65 Å². The van der Waals surface area contributed by atoms with Gasteiger partial charge in [-0.05, 0) is 18.2 Å². The van der Waals surface area contributed by atoms with Gasteiger partial charge in [-0.2, -0.15) is 5.10 Å². The van der Waals surface area contributed by atoms with Crippen molar-refractivity contribution in [2.75, 3.05) is 5.32 Å². The molecule has 10 heteroatoms. The lowest BCUT2D eigenvalue weighted by Gasteiger charge is -2.08. The molecule has 0 aliphatic carbocycles. The number of anilines is 1. The molecule has 0 unspecified atom stereocenters. The second-order valence-electron chi connectivity index (χ2n) is 6.13. The standard InChI is InChI=1S/C19H14N6O4/c26-17(22-13-6-2-1-3-7-13)11-23-12-20-18-14(19(23)27)10-21-24(18)15-8-4-5-9-16(15)25(28)29/h1-10,12H,11H2,(H,22,26). The largest absolute Gasteiger partial charge is 0.325 e. The molecule has 0 atom stereocenters. The molecule has 4 aromatic rings. The van der Waals surface area contributed by atoms with Gasteiger partial charge >= 0.3 is 0 Å². The molecular weight excluding hydrogens is 376 g/mol. The third-order valence-electron chi connectivity index (χ3n) is 4.23. The highest BCUT2D eigenvalue weighted by molar-refractivity contribution is 5.90. The second-order valence-corrected chi connectivity index (χ2v) is 6.13. The van der Waals surface area contributed by atoms with E-state index < -0.39 is 10.5 Å². The minimum Gasteiger partial charge on any atom is -0.325 e. The summed E-state index contributed by atoms with van der Waals surface area (Å²) in [5.74, 6) is -0.384. The summed E-state index contributed by atoms with van der Waals surface area (Å²) in [4.78, 5) is 39.9. The summed E-state index contributed by atoms with van der Waals surface area (Å²) in [6.45, 7) is -0.229. The average molecular weight is 390 g/mol. The number of hydrogen-bond donors (Lipinski definition) is 1. The van der Waals surface area contributed by atoms with Crippen molar-refractivity contribution in [2.24, 2.45) is 0 Å². The maximum Gasteiger partial charge on any atom is 0.294 e. The monoisotopic (exact) mass is 390 g/mol. The molecular formula is C19H14N6O4. The molecule has 2 aromatic carbocycles. The fraction of sp³-hybridized carbons (Fsp3) is 0.0526. The van der Waals surface area contributed by atoms with Crippen molar-refractivity contribution in [3.63, 3.8) is 0 Å². The summed E-state index contributed by atoms with van der Waals surface area (Å²) >= 11 is 0. The number of benzene rings is 2. The molecule has 2 aromatic heterocycles. The molecule has 2 heterocycles. The fourth-order valence-corrected chi connectivity index (χ4v) is 2.91. The van der Waals surface area contributed by atoms with Crippen LogP contribution in [0.2, 0.25) is 0 Å². The van der Waals surface area contributed by atoms with Crippen LogP contribution in [0.15, 0.2) is 71.9 Å². The average Bonchev–Trinajstić information content (AvgIpc) is 3.15. The van der Waals surface area contributed by atoms with Crippen LogP contribution in [-0.4, -0.2) is 30.2 Å². The van der Waals surface area contributed by atoms with Crippen LogP contribution in [0.5, 0.6) is 0 Å². The van der Waals surface area contributed by atoms with E-state index in [1.54, 1.807) is 36.4 Å². The lowest BCUT2D eigenvalue weighted by Crippen LogP contribution is -2.27. The molecule has 10 nitrogen and oxygen atoms in total. The van der Waals surface area contributed by atoms with Gasteiger partial charge in [0.1, 0.15) is 23.9 Å². The maximum atomic E-state index is 12.7. The van der Waals surface area contributed by atoms with Crippen LogP contribution < -0.4 is 10.9 Å². The summed E-state index contributed by atoms with van der Waals surface area (Å²) in [7, 11) is 0. The summed E-state index contributed by atoms with van der Waals surface area (Å²) < 4.78 is 2.40. The lowest BCUT2D eigenvalue weighted by atomic mass is 10.2. The van der Waals surface area contributed by atoms with Crippen LogP contribution in [0.4, 0.5) is 11.4 Å². The van der Waals surface area contributed by atoms with Crippen molar-refractivity contribution in [2.45, 2.75) is 6.54 Å². The zero-order valence-electron chi connectivity index (χ0n) is 14.9. The van der Waals surface area contributed by atoms with E-state index in [1.807, 2.05) is 6.07 Å². The zero-order valence-corrected chi connectivity index (χ0v) is 14.9. The van der Waals surface area contributed by atoms with E-state index in [0.29, 0.717) is 5.69 Å². The number of nitro groups is 1. The van der Waals surface area contributed by atoms with Crippen molar-refractivity contribution >= 4 is 28.3 Å². The molecule has 0 saturated heterocycles. The molecule has 0 radical (unpaired) electrons. The Hall–Kier alpha value is -4.34. The Labute approximate surface area is 163 Å². The highest BCUT2D eigenvalue weighted by Crippen LogP contribution is 2.23. The SMILES string of the molecule is O=C(Cn1cnc2c(cnn2-c2ccccc2[N+](=O)[O-])c1=O)Nc1ccccc1. The van der Waals surface area contributed by atoms with E-state index >= 15 is 0 Å². The van der Waals surface area contributed by atoms with Crippen molar-refractivity contribution < 1.29 is 9.72 Å². The van der Waals surface area contributed by atoms with Crippen molar-refractivity contribution in [1.82, 2.24) is 19.3 Å². The molecule has 29 heavy (non-hydrogen) atoms. The van der Waals surface area contributed by atoms with E-state index in [1.165, 1.54) is 29.3 Å². The van der Waals surface area contributed by atoms with Gasteiger partial charge in [0.2, 0.25) is 5.91 Å². The summed E-state index contributed by atoms with van der Waals surface area (Å²) in [6.07, 6.45) is 2.51. The number of rotatable bonds is 5. The Balaban J connectivity index is 1.67. The number of hydrogen-bond acceptors (Lipinski definition) is 6. The number of nitro benzene ring substituents is 1. The summed E-state index contributed by atoms with van der Waals surface area (Å²) in [6, 6.07) is 14.9. The summed E-state index contributed by atoms with van der Waals surface area (Å²) in [5, 5.41) is 18.2. The lowest BCUT2D eigenvalue weighted by molar-refractivity contribution is -0.384. The second kappa shape index (κ2) is 7.35. The van der Waals surface area contributed by atoms with Crippen LogP contribution in [0.25, 0.3) is 16.7 Å². The van der Waals surface area contributed by atoms with Crippen LogP contribution in [0, 0.1) is 10.1 Å². The number of fused-ring (bicyclic) bond motifs is 1. The minimum atomic E-state index is -0.530. The van der Waals surface area contributed by atoms with E-state index in [9.17, 15) is 19.7 Å². The highest BCUT2D eigenvalue weighted by atomic mass is 16.6. The van der Waals surface area contributed by atoms with Gasteiger partial charge in [0.25, 0.3) is 11.2 Å². The van der Waals surface area contributed by atoms with Crippen molar-refractivity contribution in [3.8, 4) is 5.69 Å². The van der Waals surface area contributed by atoms with E-state index in [-0.39, 0.29) is 34.9 Å². The Bertz CT molecular complexity index is 1280. The van der Waals surface area contributed by atoms with E-state index in [4.69, 9.17) is 0 Å². The first kappa shape index (κ1) is 18.0. The quantitative estimate of drug-likeness (QED) is 0.411. The smallest absolute Gasteiger partial charge is 0.294 e. The Morgan fingerprint density at radius 2 is 1.83 bits per heavy atom. The molecule has 0 spiro atoms.